The Morgan fingerprint density at radius 1 is 1.13 bits per heavy atom. The van der Waals surface area contributed by atoms with Crippen LogP contribution < -0.4 is 5.73 Å². The summed E-state index contributed by atoms with van der Waals surface area (Å²) in [6.07, 6.45) is 5.96. The van der Waals surface area contributed by atoms with E-state index in [2.05, 4.69) is 22.1 Å². The SMILES string of the molecule is N[C@@H](c1ccc2nccnc2c1)C1CC1. The van der Waals surface area contributed by atoms with Gasteiger partial charge in [-0.25, -0.2) is 0 Å². The summed E-state index contributed by atoms with van der Waals surface area (Å²) in [7, 11) is 0. The van der Waals surface area contributed by atoms with E-state index in [0.29, 0.717) is 5.92 Å². The number of nitrogens with zero attached hydrogens (tertiary/aromatic N) is 2. The van der Waals surface area contributed by atoms with E-state index >= 15 is 0 Å². The van der Waals surface area contributed by atoms with Crippen LogP contribution >= 0.6 is 0 Å². The van der Waals surface area contributed by atoms with Crippen LogP contribution in [-0.2, 0) is 0 Å². The monoisotopic (exact) mass is 199 g/mol. The second kappa shape index (κ2) is 3.28. The smallest absolute Gasteiger partial charge is 0.0890 e. The first-order valence-corrected chi connectivity index (χ1v) is 5.31. The molecule has 15 heavy (non-hydrogen) atoms. The molecule has 0 spiro atoms. The van der Waals surface area contributed by atoms with Gasteiger partial charge in [0, 0.05) is 18.4 Å². The topological polar surface area (TPSA) is 51.8 Å². The number of benzene rings is 1. The minimum atomic E-state index is 0.177. The van der Waals surface area contributed by atoms with Gasteiger partial charge in [0.15, 0.2) is 0 Å². The van der Waals surface area contributed by atoms with Gasteiger partial charge in [-0.2, -0.15) is 0 Å². The zero-order valence-electron chi connectivity index (χ0n) is 8.43. The molecule has 3 rings (SSSR count). The lowest BCUT2D eigenvalue weighted by Gasteiger charge is -2.10. The van der Waals surface area contributed by atoms with Crippen LogP contribution in [0.1, 0.15) is 24.4 Å². The molecule has 2 aromatic rings. The van der Waals surface area contributed by atoms with Crippen LogP contribution in [0.4, 0.5) is 0 Å². The van der Waals surface area contributed by atoms with Gasteiger partial charge in [0.1, 0.15) is 0 Å². The summed E-state index contributed by atoms with van der Waals surface area (Å²) in [6.45, 7) is 0. The van der Waals surface area contributed by atoms with Gasteiger partial charge in [0.25, 0.3) is 0 Å². The number of hydrogen-bond acceptors (Lipinski definition) is 3. The molecule has 3 nitrogen and oxygen atoms in total. The average molecular weight is 199 g/mol. The fourth-order valence-corrected chi connectivity index (χ4v) is 1.92. The Morgan fingerprint density at radius 2 is 1.87 bits per heavy atom. The minimum absolute atomic E-state index is 0.177. The molecule has 1 fully saturated rings. The number of hydrogen-bond donors (Lipinski definition) is 1. The average Bonchev–Trinajstić information content (AvgIpc) is 3.11. The molecule has 3 heteroatoms. The molecular weight excluding hydrogens is 186 g/mol. The fraction of sp³-hybridized carbons (Fsp3) is 0.333. The molecule has 1 saturated carbocycles. The van der Waals surface area contributed by atoms with Crippen molar-refractivity contribution in [3.05, 3.63) is 36.2 Å². The lowest BCUT2D eigenvalue weighted by molar-refractivity contribution is 0.634. The highest BCUT2D eigenvalue weighted by atomic mass is 14.8. The maximum atomic E-state index is 6.14. The Labute approximate surface area is 88.3 Å². The van der Waals surface area contributed by atoms with Crippen LogP contribution in [0.2, 0.25) is 0 Å². The van der Waals surface area contributed by atoms with E-state index in [1.54, 1.807) is 12.4 Å². The van der Waals surface area contributed by atoms with Crippen molar-refractivity contribution in [3.8, 4) is 0 Å². The lowest BCUT2D eigenvalue weighted by Crippen LogP contribution is -2.12. The Morgan fingerprint density at radius 3 is 2.60 bits per heavy atom. The van der Waals surface area contributed by atoms with Gasteiger partial charge in [-0.15, -0.1) is 0 Å². The van der Waals surface area contributed by atoms with Crippen LogP contribution in [-0.4, -0.2) is 9.97 Å². The van der Waals surface area contributed by atoms with E-state index < -0.39 is 0 Å². The Hall–Kier alpha value is -1.48. The standard InChI is InChI=1S/C12H13N3/c13-12(8-1-2-8)9-3-4-10-11(7-9)15-6-5-14-10/h3-8,12H,1-2,13H2/t12-/m1/s1. The van der Waals surface area contributed by atoms with Crippen molar-refractivity contribution in [2.24, 2.45) is 11.7 Å². The number of fused-ring (bicyclic) bond motifs is 1. The summed E-state index contributed by atoms with van der Waals surface area (Å²) in [5.74, 6) is 0.680. The molecule has 1 aliphatic carbocycles. The quantitative estimate of drug-likeness (QED) is 0.805. The largest absolute Gasteiger partial charge is 0.324 e. The van der Waals surface area contributed by atoms with Crippen LogP contribution in [0, 0.1) is 5.92 Å². The van der Waals surface area contributed by atoms with Crippen molar-refractivity contribution in [1.82, 2.24) is 9.97 Å². The van der Waals surface area contributed by atoms with Crippen molar-refractivity contribution in [1.29, 1.82) is 0 Å². The first kappa shape index (κ1) is 8.80. The van der Waals surface area contributed by atoms with Gasteiger partial charge >= 0.3 is 0 Å². The molecule has 0 bridgehead atoms. The van der Waals surface area contributed by atoms with E-state index in [1.165, 1.54) is 18.4 Å². The Bertz CT molecular complexity index is 491. The molecular formula is C12H13N3. The molecule has 0 radical (unpaired) electrons. The third-order valence-electron chi connectivity index (χ3n) is 3.01. The molecule has 1 aromatic heterocycles. The van der Waals surface area contributed by atoms with Crippen molar-refractivity contribution >= 4 is 11.0 Å². The van der Waals surface area contributed by atoms with Crippen molar-refractivity contribution in [2.45, 2.75) is 18.9 Å². The molecule has 1 aliphatic rings. The Balaban J connectivity index is 2.05. The number of aromatic nitrogens is 2. The normalized spacial score (nSPS) is 17.9. The summed E-state index contributed by atoms with van der Waals surface area (Å²) in [5, 5.41) is 0. The molecule has 1 heterocycles. The van der Waals surface area contributed by atoms with Crippen molar-refractivity contribution in [2.75, 3.05) is 0 Å². The molecule has 1 aromatic carbocycles. The summed E-state index contributed by atoms with van der Waals surface area (Å²) >= 11 is 0. The first-order valence-electron chi connectivity index (χ1n) is 5.31. The first-order chi connectivity index (χ1) is 7.34. The van der Waals surface area contributed by atoms with Crippen LogP contribution in [0.15, 0.2) is 30.6 Å². The predicted octanol–water partition coefficient (Wildman–Crippen LogP) is 2.04. The second-order valence-electron chi connectivity index (χ2n) is 4.17. The van der Waals surface area contributed by atoms with Gasteiger partial charge in [-0.05, 0) is 36.5 Å². The molecule has 1 atom stereocenters. The van der Waals surface area contributed by atoms with Crippen LogP contribution in [0.25, 0.3) is 11.0 Å². The second-order valence-corrected chi connectivity index (χ2v) is 4.17. The van der Waals surface area contributed by atoms with Crippen LogP contribution in [0.3, 0.4) is 0 Å². The molecule has 0 saturated heterocycles. The molecule has 0 unspecified atom stereocenters. The zero-order chi connectivity index (χ0) is 10.3. The predicted molar refractivity (Wildman–Crippen MR) is 59.2 cm³/mol. The zero-order valence-corrected chi connectivity index (χ0v) is 8.43. The van der Waals surface area contributed by atoms with E-state index in [1.807, 2.05) is 6.07 Å². The van der Waals surface area contributed by atoms with Gasteiger partial charge < -0.3 is 5.73 Å². The summed E-state index contributed by atoms with van der Waals surface area (Å²) in [5.41, 5.74) is 9.20. The van der Waals surface area contributed by atoms with Gasteiger partial charge in [0.2, 0.25) is 0 Å². The third kappa shape index (κ3) is 1.59. The van der Waals surface area contributed by atoms with Crippen molar-refractivity contribution in [3.63, 3.8) is 0 Å². The van der Waals surface area contributed by atoms with Gasteiger partial charge in [-0.1, -0.05) is 6.07 Å². The maximum absolute atomic E-state index is 6.14. The summed E-state index contributed by atoms with van der Waals surface area (Å²) < 4.78 is 0. The minimum Gasteiger partial charge on any atom is -0.324 e. The Kier molecular flexibility index (Phi) is 1.92. The molecule has 76 valence electrons. The molecule has 0 aliphatic heterocycles. The third-order valence-corrected chi connectivity index (χ3v) is 3.01. The van der Waals surface area contributed by atoms with E-state index in [0.717, 1.165) is 11.0 Å². The maximum Gasteiger partial charge on any atom is 0.0890 e. The molecule has 2 N–H and O–H groups in total. The highest BCUT2D eigenvalue weighted by molar-refractivity contribution is 5.74. The van der Waals surface area contributed by atoms with Crippen molar-refractivity contribution < 1.29 is 0 Å². The summed E-state index contributed by atoms with van der Waals surface area (Å²) in [4.78, 5) is 8.52. The summed E-state index contributed by atoms with van der Waals surface area (Å²) in [6, 6.07) is 6.31. The van der Waals surface area contributed by atoms with E-state index in [-0.39, 0.29) is 6.04 Å². The molecule has 0 amide bonds. The van der Waals surface area contributed by atoms with E-state index in [9.17, 15) is 0 Å². The fourth-order valence-electron chi connectivity index (χ4n) is 1.92. The highest BCUT2D eigenvalue weighted by Crippen LogP contribution is 2.39. The number of nitrogens with two attached hydrogens (primary N) is 1. The highest BCUT2D eigenvalue weighted by Gasteiger charge is 2.29. The lowest BCUT2D eigenvalue weighted by atomic mass is 10.0. The van der Waals surface area contributed by atoms with E-state index in [4.69, 9.17) is 5.73 Å². The van der Waals surface area contributed by atoms with Gasteiger partial charge in [-0.3, -0.25) is 9.97 Å². The van der Waals surface area contributed by atoms with Crippen LogP contribution in [0.5, 0.6) is 0 Å². The van der Waals surface area contributed by atoms with Gasteiger partial charge in [0.05, 0.1) is 11.0 Å². The number of rotatable bonds is 2.